The van der Waals surface area contributed by atoms with Crippen LogP contribution in [-0.2, 0) is 9.53 Å². The number of carboxylic acids is 1. The van der Waals surface area contributed by atoms with Crippen LogP contribution in [0.1, 0.15) is 39.0 Å². The highest BCUT2D eigenvalue weighted by Gasteiger charge is 2.39. The summed E-state index contributed by atoms with van der Waals surface area (Å²) in [7, 11) is 0. The quantitative estimate of drug-likeness (QED) is 0.731. The molecule has 1 rings (SSSR count). The van der Waals surface area contributed by atoms with Crippen LogP contribution in [0, 0.1) is 5.41 Å². The van der Waals surface area contributed by atoms with Crippen molar-refractivity contribution in [2.75, 3.05) is 13.2 Å². The number of carbonyl (C=O) groups is 1. The number of unbranched alkanes of at least 4 members (excludes halogenated alkanes) is 1. The fraction of sp³-hybridized carbons (Fsp3) is 0.900. The second-order valence-corrected chi connectivity index (χ2v) is 3.80. The molecule has 3 nitrogen and oxygen atoms in total. The van der Waals surface area contributed by atoms with E-state index in [1.165, 1.54) is 0 Å². The SMILES string of the molecule is CCCCC1(C(=O)O)CCOCC1. The van der Waals surface area contributed by atoms with Crippen LogP contribution in [0.2, 0.25) is 0 Å². The zero-order valence-electron chi connectivity index (χ0n) is 8.21. The van der Waals surface area contributed by atoms with E-state index in [4.69, 9.17) is 9.84 Å². The predicted molar refractivity (Wildman–Crippen MR) is 49.6 cm³/mol. The van der Waals surface area contributed by atoms with Crippen LogP contribution >= 0.6 is 0 Å². The summed E-state index contributed by atoms with van der Waals surface area (Å²) >= 11 is 0. The molecule has 1 aliphatic rings. The highest BCUT2D eigenvalue weighted by atomic mass is 16.5. The Balaban J connectivity index is 2.56. The van der Waals surface area contributed by atoms with Crippen LogP contribution in [0.5, 0.6) is 0 Å². The molecule has 13 heavy (non-hydrogen) atoms. The maximum Gasteiger partial charge on any atom is 0.309 e. The third-order valence-corrected chi connectivity index (χ3v) is 2.91. The lowest BCUT2D eigenvalue weighted by Gasteiger charge is -2.32. The zero-order valence-corrected chi connectivity index (χ0v) is 8.21. The summed E-state index contributed by atoms with van der Waals surface area (Å²) < 4.78 is 5.19. The van der Waals surface area contributed by atoms with Gasteiger partial charge in [-0.15, -0.1) is 0 Å². The zero-order chi connectivity index (χ0) is 9.73. The molecule has 0 bridgehead atoms. The van der Waals surface area contributed by atoms with Crippen molar-refractivity contribution < 1.29 is 14.6 Å². The van der Waals surface area contributed by atoms with E-state index in [1.807, 2.05) is 0 Å². The van der Waals surface area contributed by atoms with Crippen LogP contribution in [0.15, 0.2) is 0 Å². The Morgan fingerprint density at radius 3 is 2.54 bits per heavy atom. The summed E-state index contributed by atoms with van der Waals surface area (Å²) in [6, 6.07) is 0. The lowest BCUT2D eigenvalue weighted by molar-refractivity contribution is -0.155. The molecule has 1 fully saturated rings. The summed E-state index contributed by atoms with van der Waals surface area (Å²) in [4.78, 5) is 11.1. The summed E-state index contributed by atoms with van der Waals surface area (Å²) in [5.41, 5.74) is -0.478. The van der Waals surface area contributed by atoms with Crippen LogP contribution < -0.4 is 0 Å². The Morgan fingerprint density at radius 2 is 2.08 bits per heavy atom. The van der Waals surface area contributed by atoms with Gasteiger partial charge >= 0.3 is 5.97 Å². The molecule has 0 aromatic carbocycles. The van der Waals surface area contributed by atoms with Gasteiger partial charge in [-0.2, -0.15) is 0 Å². The Hall–Kier alpha value is -0.570. The molecule has 0 aromatic rings. The fourth-order valence-electron chi connectivity index (χ4n) is 1.85. The van der Waals surface area contributed by atoms with Crippen molar-refractivity contribution in [2.24, 2.45) is 5.41 Å². The van der Waals surface area contributed by atoms with Gasteiger partial charge in [-0.25, -0.2) is 0 Å². The normalized spacial score (nSPS) is 21.3. The minimum atomic E-state index is -0.635. The van der Waals surface area contributed by atoms with Gasteiger partial charge in [0.25, 0.3) is 0 Å². The number of hydrogen-bond donors (Lipinski definition) is 1. The van der Waals surface area contributed by atoms with Crippen molar-refractivity contribution in [3.63, 3.8) is 0 Å². The first-order valence-corrected chi connectivity index (χ1v) is 5.02. The van der Waals surface area contributed by atoms with Crippen LogP contribution in [-0.4, -0.2) is 24.3 Å². The molecule has 0 amide bonds. The molecule has 0 radical (unpaired) electrons. The Morgan fingerprint density at radius 1 is 1.46 bits per heavy atom. The molecule has 0 saturated carbocycles. The lowest BCUT2D eigenvalue weighted by Crippen LogP contribution is -2.37. The molecule has 0 spiro atoms. The summed E-state index contributed by atoms with van der Waals surface area (Å²) in [5.74, 6) is -0.635. The minimum absolute atomic E-state index is 0.478. The molecule has 3 heteroatoms. The van der Waals surface area contributed by atoms with Gasteiger partial charge in [-0.1, -0.05) is 19.8 Å². The molecular weight excluding hydrogens is 168 g/mol. The number of aliphatic carboxylic acids is 1. The number of hydrogen-bond acceptors (Lipinski definition) is 2. The molecule has 1 heterocycles. The van der Waals surface area contributed by atoms with E-state index in [1.54, 1.807) is 0 Å². The number of carboxylic acid groups (broad SMARTS) is 1. The van der Waals surface area contributed by atoms with Gasteiger partial charge in [0.1, 0.15) is 0 Å². The smallest absolute Gasteiger partial charge is 0.309 e. The maximum atomic E-state index is 11.1. The van der Waals surface area contributed by atoms with Crippen molar-refractivity contribution in [1.82, 2.24) is 0 Å². The predicted octanol–water partition coefficient (Wildman–Crippen LogP) is 2.06. The molecular formula is C10H18O3. The number of ether oxygens (including phenoxy) is 1. The molecule has 0 unspecified atom stereocenters. The van der Waals surface area contributed by atoms with Gasteiger partial charge < -0.3 is 9.84 Å². The highest BCUT2D eigenvalue weighted by molar-refractivity contribution is 5.74. The van der Waals surface area contributed by atoms with Crippen molar-refractivity contribution in [3.8, 4) is 0 Å². The van der Waals surface area contributed by atoms with Gasteiger partial charge in [0.05, 0.1) is 5.41 Å². The van der Waals surface area contributed by atoms with Crippen LogP contribution in [0.4, 0.5) is 0 Å². The van der Waals surface area contributed by atoms with E-state index in [0.29, 0.717) is 26.1 Å². The topological polar surface area (TPSA) is 46.5 Å². The summed E-state index contributed by atoms with van der Waals surface area (Å²) in [6.45, 7) is 3.31. The second-order valence-electron chi connectivity index (χ2n) is 3.80. The third kappa shape index (κ3) is 2.44. The van der Waals surface area contributed by atoms with Crippen molar-refractivity contribution >= 4 is 5.97 Å². The van der Waals surface area contributed by atoms with Gasteiger partial charge in [-0.3, -0.25) is 4.79 Å². The molecule has 0 aliphatic carbocycles. The van der Waals surface area contributed by atoms with Crippen molar-refractivity contribution in [2.45, 2.75) is 39.0 Å². The van der Waals surface area contributed by atoms with Gasteiger partial charge in [0, 0.05) is 13.2 Å². The Labute approximate surface area is 79.1 Å². The molecule has 0 aromatic heterocycles. The van der Waals surface area contributed by atoms with E-state index >= 15 is 0 Å². The number of rotatable bonds is 4. The van der Waals surface area contributed by atoms with E-state index in [0.717, 1.165) is 19.3 Å². The van der Waals surface area contributed by atoms with Gasteiger partial charge in [0.2, 0.25) is 0 Å². The van der Waals surface area contributed by atoms with E-state index in [2.05, 4.69) is 6.92 Å². The van der Waals surface area contributed by atoms with E-state index < -0.39 is 11.4 Å². The Kier molecular flexibility index (Phi) is 3.72. The first-order valence-electron chi connectivity index (χ1n) is 5.02. The standard InChI is InChI=1S/C10H18O3/c1-2-3-4-10(9(11)12)5-7-13-8-6-10/h2-8H2,1H3,(H,11,12). The highest BCUT2D eigenvalue weighted by Crippen LogP contribution is 2.35. The minimum Gasteiger partial charge on any atom is -0.481 e. The average molecular weight is 186 g/mol. The first kappa shape index (κ1) is 10.5. The monoisotopic (exact) mass is 186 g/mol. The van der Waals surface area contributed by atoms with Gasteiger partial charge in [-0.05, 0) is 19.3 Å². The van der Waals surface area contributed by atoms with Gasteiger partial charge in [0.15, 0.2) is 0 Å². The first-order chi connectivity index (χ1) is 6.21. The molecule has 1 N–H and O–H groups in total. The summed E-state index contributed by atoms with van der Waals surface area (Å²) in [6.07, 6.45) is 4.25. The van der Waals surface area contributed by atoms with E-state index in [9.17, 15) is 4.79 Å². The molecule has 76 valence electrons. The average Bonchev–Trinajstić information content (AvgIpc) is 2.16. The summed E-state index contributed by atoms with van der Waals surface area (Å²) in [5, 5.41) is 9.16. The van der Waals surface area contributed by atoms with Crippen LogP contribution in [0.25, 0.3) is 0 Å². The van der Waals surface area contributed by atoms with Crippen molar-refractivity contribution in [3.05, 3.63) is 0 Å². The molecule has 0 atom stereocenters. The largest absolute Gasteiger partial charge is 0.481 e. The Bertz CT molecular complexity index is 171. The maximum absolute atomic E-state index is 11.1. The van der Waals surface area contributed by atoms with E-state index in [-0.39, 0.29) is 0 Å². The van der Waals surface area contributed by atoms with Crippen LogP contribution in [0.3, 0.4) is 0 Å². The second kappa shape index (κ2) is 4.61. The third-order valence-electron chi connectivity index (χ3n) is 2.91. The molecule has 1 aliphatic heterocycles. The fourth-order valence-corrected chi connectivity index (χ4v) is 1.85. The lowest BCUT2D eigenvalue weighted by atomic mass is 9.76. The van der Waals surface area contributed by atoms with Crippen molar-refractivity contribution in [1.29, 1.82) is 0 Å². The molecule has 1 saturated heterocycles.